The van der Waals surface area contributed by atoms with Crippen molar-refractivity contribution in [3.8, 4) is 0 Å². The van der Waals surface area contributed by atoms with E-state index in [1.807, 2.05) is 0 Å². The highest BCUT2D eigenvalue weighted by molar-refractivity contribution is 5.03. The molecule has 2 N–H and O–H groups in total. The van der Waals surface area contributed by atoms with Crippen LogP contribution in [0.1, 0.15) is 30.9 Å². The Morgan fingerprint density at radius 1 is 1.65 bits per heavy atom. The zero-order chi connectivity index (χ0) is 12.6. The number of rotatable bonds is 2. The van der Waals surface area contributed by atoms with Crippen molar-refractivity contribution < 1.29 is 9.50 Å². The van der Waals surface area contributed by atoms with Gasteiger partial charge in [-0.2, -0.15) is 0 Å². The highest BCUT2D eigenvalue weighted by Gasteiger charge is 2.40. The van der Waals surface area contributed by atoms with Gasteiger partial charge in [-0.25, -0.2) is 9.18 Å². The van der Waals surface area contributed by atoms with Gasteiger partial charge in [0.05, 0.1) is 6.61 Å². The first-order valence-electron chi connectivity index (χ1n) is 5.57. The minimum Gasteiger partial charge on any atom is -0.393 e. The molecule has 0 bridgehead atoms. The third kappa shape index (κ3) is 2.17. The highest BCUT2D eigenvalue weighted by Crippen LogP contribution is 2.39. The molecule has 1 aliphatic rings. The molecule has 5 nitrogen and oxygen atoms in total. The number of aromatic nitrogens is 2. The van der Waals surface area contributed by atoms with Crippen LogP contribution in [0.2, 0.25) is 0 Å². The van der Waals surface area contributed by atoms with Gasteiger partial charge >= 0.3 is 5.69 Å². The molecule has 1 fully saturated rings. The van der Waals surface area contributed by atoms with Gasteiger partial charge in [-0.15, -0.1) is 0 Å². The Labute approximate surface area is 96.9 Å². The Morgan fingerprint density at radius 3 is 2.94 bits per heavy atom. The molecule has 2 atom stereocenters. The number of hydrogen-bond acceptors (Lipinski definition) is 3. The fourth-order valence-corrected chi connectivity index (χ4v) is 2.29. The molecule has 17 heavy (non-hydrogen) atoms. The molecule has 1 heterocycles. The molecule has 1 saturated carbocycles. The van der Waals surface area contributed by atoms with Crippen molar-refractivity contribution in [2.24, 2.45) is 0 Å². The van der Waals surface area contributed by atoms with E-state index in [0.29, 0.717) is 12.0 Å². The van der Waals surface area contributed by atoms with Gasteiger partial charge in [0.25, 0.3) is 5.56 Å². The summed E-state index contributed by atoms with van der Waals surface area (Å²) < 4.78 is 15.2. The molecule has 0 amide bonds. The summed E-state index contributed by atoms with van der Waals surface area (Å²) in [6, 6.07) is -0.296. The molecule has 1 aliphatic carbocycles. The first-order valence-corrected chi connectivity index (χ1v) is 5.57. The van der Waals surface area contributed by atoms with Gasteiger partial charge in [0.1, 0.15) is 5.67 Å². The minimum atomic E-state index is -1.60. The number of H-pyrrole nitrogens is 1. The zero-order valence-electron chi connectivity index (χ0n) is 9.57. The number of nitrogens with zero attached hydrogens (tertiary/aromatic N) is 1. The number of aryl methyl sites for hydroxylation is 1. The SMILES string of the molecule is Cc1cn([C@H]2CC[C@@](F)(CO)C2)c(=O)[nH]c1=O. The van der Waals surface area contributed by atoms with E-state index in [0.717, 1.165) is 0 Å². The van der Waals surface area contributed by atoms with Crippen LogP contribution in [-0.4, -0.2) is 26.9 Å². The normalized spacial score (nSPS) is 28.5. The average Bonchev–Trinajstić information content (AvgIpc) is 2.67. The van der Waals surface area contributed by atoms with E-state index in [1.54, 1.807) is 6.92 Å². The van der Waals surface area contributed by atoms with Gasteiger partial charge in [-0.3, -0.25) is 14.3 Å². The van der Waals surface area contributed by atoms with E-state index in [2.05, 4.69) is 4.98 Å². The van der Waals surface area contributed by atoms with E-state index in [4.69, 9.17) is 5.11 Å². The van der Waals surface area contributed by atoms with Crippen LogP contribution in [0.25, 0.3) is 0 Å². The Bertz CT molecular complexity index is 536. The van der Waals surface area contributed by atoms with Crippen LogP contribution >= 0.6 is 0 Å². The number of halogens is 1. The lowest BCUT2D eigenvalue weighted by Crippen LogP contribution is -2.33. The van der Waals surface area contributed by atoms with Gasteiger partial charge in [0.15, 0.2) is 0 Å². The summed E-state index contributed by atoms with van der Waals surface area (Å²) in [4.78, 5) is 25.0. The molecule has 1 aromatic rings. The van der Waals surface area contributed by atoms with Crippen LogP contribution in [0, 0.1) is 6.92 Å². The summed E-state index contributed by atoms with van der Waals surface area (Å²) >= 11 is 0. The fourth-order valence-electron chi connectivity index (χ4n) is 2.29. The smallest absolute Gasteiger partial charge is 0.328 e. The number of nitrogens with one attached hydrogen (secondary N) is 1. The maximum Gasteiger partial charge on any atom is 0.328 e. The lowest BCUT2D eigenvalue weighted by atomic mass is 10.1. The molecular weight excluding hydrogens is 227 g/mol. The van der Waals surface area contributed by atoms with Gasteiger partial charge < -0.3 is 5.11 Å². The van der Waals surface area contributed by atoms with Crippen molar-refractivity contribution in [3.05, 3.63) is 32.6 Å². The monoisotopic (exact) mass is 242 g/mol. The second-order valence-corrected chi connectivity index (χ2v) is 4.68. The van der Waals surface area contributed by atoms with Crippen LogP contribution in [0.3, 0.4) is 0 Å². The summed E-state index contributed by atoms with van der Waals surface area (Å²) in [5.74, 6) is 0. The topological polar surface area (TPSA) is 75.1 Å². The summed E-state index contributed by atoms with van der Waals surface area (Å²) in [5, 5.41) is 8.94. The van der Waals surface area contributed by atoms with Crippen molar-refractivity contribution in [1.82, 2.24) is 9.55 Å². The number of aromatic amines is 1. The average molecular weight is 242 g/mol. The van der Waals surface area contributed by atoms with Crippen LogP contribution in [0.15, 0.2) is 15.8 Å². The molecule has 0 aromatic carbocycles. The second kappa shape index (κ2) is 4.10. The molecule has 0 unspecified atom stereocenters. The van der Waals surface area contributed by atoms with Crippen molar-refractivity contribution in [1.29, 1.82) is 0 Å². The largest absolute Gasteiger partial charge is 0.393 e. The molecule has 1 aromatic heterocycles. The number of aliphatic hydroxyl groups excluding tert-OH is 1. The van der Waals surface area contributed by atoms with Gasteiger partial charge in [0.2, 0.25) is 0 Å². The van der Waals surface area contributed by atoms with Crippen LogP contribution in [0.5, 0.6) is 0 Å². The molecule has 0 spiro atoms. The minimum absolute atomic E-state index is 0.106. The van der Waals surface area contributed by atoms with Crippen molar-refractivity contribution in [2.45, 2.75) is 37.9 Å². The Hall–Kier alpha value is -1.43. The first-order chi connectivity index (χ1) is 7.95. The first kappa shape index (κ1) is 12.0. The van der Waals surface area contributed by atoms with Crippen LogP contribution in [-0.2, 0) is 0 Å². The zero-order valence-corrected chi connectivity index (χ0v) is 9.57. The van der Waals surface area contributed by atoms with Crippen molar-refractivity contribution in [2.75, 3.05) is 6.61 Å². The lowest BCUT2D eigenvalue weighted by Gasteiger charge is -2.17. The second-order valence-electron chi connectivity index (χ2n) is 4.68. The van der Waals surface area contributed by atoms with Gasteiger partial charge in [-0.1, -0.05) is 0 Å². The molecular formula is C11H15FN2O3. The Balaban J connectivity index is 2.34. The van der Waals surface area contributed by atoms with Crippen LogP contribution < -0.4 is 11.2 Å². The predicted octanol–water partition coefficient (Wildman–Crippen LogP) is 0.271. The number of hydrogen-bond donors (Lipinski definition) is 2. The van der Waals surface area contributed by atoms with Crippen LogP contribution in [0.4, 0.5) is 4.39 Å². The van der Waals surface area contributed by atoms with Crippen molar-refractivity contribution >= 4 is 0 Å². The summed E-state index contributed by atoms with van der Waals surface area (Å²) in [6.45, 7) is 1.07. The maximum absolute atomic E-state index is 13.9. The summed E-state index contributed by atoms with van der Waals surface area (Å²) in [7, 11) is 0. The van der Waals surface area contributed by atoms with E-state index < -0.39 is 23.5 Å². The van der Waals surface area contributed by atoms with Gasteiger partial charge in [0, 0.05) is 24.2 Å². The Kier molecular flexibility index (Phi) is 2.91. The molecule has 0 radical (unpaired) electrons. The van der Waals surface area contributed by atoms with E-state index >= 15 is 0 Å². The quantitative estimate of drug-likeness (QED) is 0.781. The summed E-state index contributed by atoms with van der Waals surface area (Å²) in [5.41, 5.74) is -2.12. The van der Waals surface area contributed by atoms with E-state index in [9.17, 15) is 14.0 Å². The standard InChI is InChI=1S/C11H15FN2O3/c1-7-5-14(10(17)13-9(7)16)8-2-3-11(12,4-8)6-15/h5,8,15H,2-4,6H2,1H3,(H,13,16,17)/t8-,11-/m0/s1. The Morgan fingerprint density at radius 2 is 2.35 bits per heavy atom. The third-order valence-electron chi connectivity index (χ3n) is 3.35. The third-order valence-corrected chi connectivity index (χ3v) is 3.35. The molecule has 94 valence electrons. The maximum atomic E-state index is 13.9. The molecule has 2 rings (SSSR count). The summed E-state index contributed by atoms with van der Waals surface area (Å²) in [6.07, 6.45) is 2.28. The van der Waals surface area contributed by atoms with Crippen molar-refractivity contribution in [3.63, 3.8) is 0 Å². The van der Waals surface area contributed by atoms with Gasteiger partial charge in [-0.05, 0) is 19.8 Å². The molecule has 6 heteroatoms. The van der Waals surface area contributed by atoms with E-state index in [-0.39, 0.29) is 18.9 Å². The molecule has 0 aliphatic heterocycles. The van der Waals surface area contributed by atoms with E-state index in [1.165, 1.54) is 10.8 Å². The highest BCUT2D eigenvalue weighted by atomic mass is 19.1. The lowest BCUT2D eigenvalue weighted by molar-refractivity contribution is 0.0737. The number of alkyl halides is 1. The number of aliphatic hydroxyl groups is 1. The predicted molar refractivity (Wildman–Crippen MR) is 59.9 cm³/mol. The fraction of sp³-hybridized carbons (Fsp3) is 0.636. The molecule has 0 saturated heterocycles.